The van der Waals surface area contributed by atoms with Crippen LogP contribution in [0.3, 0.4) is 0 Å². The van der Waals surface area contributed by atoms with Gasteiger partial charge in [-0.15, -0.1) is 21.5 Å². The minimum absolute atomic E-state index is 0.0146. The first kappa shape index (κ1) is 17.6. The summed E-state index contributed by atoms with van der Waals surface area (Å²) in [5.41, 5.74) is 0.791. The van der Waals surface area contributed by atoms with Crippen LogP contribution in [-0.4, -0.2) is 27.0 Å². The lowest BCUT2D eigenvalue weighted by Crippen LogP contribution is -2.36. The Morgan fingerprint density at radius 1 is 1.20 bits per heavy atom. The second kappa shape index (κ2) is 7.37. The van der Waals surface area contributed by atoms with Crippen LogP contribution < -0.4 is 0 Å². The smallest absolute Gasteiger partial charge is 0.264 e. The molecule has 0 saturated carbocycles. The number of carbonyl (C=O) groups excluding carboxylic acids is 1. The van der Waals surface area contributed by atoms with E-state index in [9.17, 15) is 4.79 Å². The standard InChI is InChI=1S/C18H18ClN3O2S/c1-11(2)22(18(23)15-9-4-12(3)25-15)10-16-20-21-17(24-16)13-5-7-14(19)8-6-13/h4-9,11H,10H2,1-3H3. The summed E-state index contributed by atoms with van der Waals surface area (Å²) < 4.78 is 5.73. The first-order chi connectivity index (χ1) is 11.9. The molecule has 7 heteroatoms. The van der Waals surface area contributed by atoms with Crippen molar-refractivity contribution in [3.8, 4) is 11.5 Å². The molecule has 0 radical (unpaired) electrons. The van der Waals surface area contributed by atoms with E-state index in [-0.39, 0.29) is 18.5 Å². The van der Waals surface area contributed by atoms with Crippen LogP contribution in [0.2, 0.25) is 5.02 Å². The number of nitrogens with zero attached hydrogens (tertiary/aromatic N) is 3. The van der Waals surface area contributed by atoms with E-state index in [1.165, 1.54) is 11.3 Å². The van der Waals surface area contributed by atoms with Crippen LogP contribution in [0.1, 0.15) is 34.3 Å². The molecule has 0 N–H and O–H groups in total. The summed E-state index contributed by atoms with van der Waals surface area (Å²) in [5, 5.41) is 8.79. The largest absolute Gasteiger partial charge is 0.419 e. The van der Waals surface area contributed by atoms with Crippen molar-refractivity contribution in [3.63, 3.8) is 0 Å². The molecule has 0 bridgehead atoms. The molecule has 0 aliphatic carbocycles. The highest BCUT2D eigenvalue weighted by Crippen LogP contribution is 2.23. The van der Waals surface area contributed by atoms with Gasteiger partial charge in [0.2, 0.25) is 11.8 Å². The summed E-state index contributed by atoms with van der Waals surface area (Å²) >= 11 is 7.38. The zero-order valence-electron chi connectivity index (χ0n) is 14.2. The lowest BCUT2D eigenvalue weighted by molar-refractivity contribution is 0.0677. The van der Waals surface area contributed by atoms with E-state index < -0.39 is 0 Å². The summed E-state index contributed by atoms with van der Waals surface area (Å²) in [5.74, 6) is 0.786. The van der Waals surface area contributed by atoms with E-state index in [4.69, 9.17) is 16.0 Å². The van der Waals surface area contributed by atoms with Gasteiger partial charge in [0.05, 0.1) is 11.4 Å². The summed E-state index contributed by atoms with van der Waals surface area (Å²) in [6.07, 6.45) is 0. The van der Waals surface area contributed by atoms with Crippen LogP contribution >= 0.6 is 22.9 Å². The maximum Gasteiger partial charge on any atom is 0.264 e. The van der Waals surface area contributed by atoms with Crippen LogP contribution in [0, 0.1) is 6.92 Å². The minimum atomic E-state index is -0.0284. The number of benzene rings is 1. The van der Waals surface area contributed by atoms with Gasteiger partial charge < -0.3 is 9.32 Å². The third-order valence-electron chi connectivity index (χ3n) is 3.70. The van der Waals surface area contributed by atoms with Crippen molar-refractivity contribution in [2.24, 2.45) is 0 Å². The fraction of sp³-hybridized carbons (Fsp3) is 0.278. The second-order valence-corrected chi connectivity index (χ2v) is 7.67. The van der Waals surface area contributed by atoms with Gasteiger partial charge in [0.15, 0.2) is 0 Å². The summed E-state index contributed by atoms with van der Waals surface area (Å²) in [7, 11) is 0. The molecule has 0 saturated heterocycles. The second-order valence-electron chi connectivity index (χ2n) is 5.94. The van der Waals surface area contributed by atoms with Crippen molar-refractivity contribution in [1.29, 1.82) is 0 Å². The van der Waals surface area contributed by atoms with Gasteiger partial charge >= 0.3 is 0 Å². The number of aromatic nitrogens is 2. The third-order valence-corrected chi connectivity index (χ3v) is 4.94. The molecule has 25 heavy (non-hydrogen) atoms. The number of hydrogen-bond donors (Lipinski definition) is 0. The Morgan fingerprint density at radius 2 is 1.92 bits per heavy atom. The number of amides is 1. The molecule has 3 rings (SSSR count). The van der Waals surface area contributed by atoms with Gasteiger partial charge in [-0.25, -0.2) is 0 Å². The SMILES string of the molecule is Cc1ccc(C(=O)N(Cc2nnc(-c3ccc(Cl)cc3)o2)C(C)C)s1. The van der Waals surface area contributed by atoms with Crippen LogP contribution in [0.5, 0.6) is 0 Å². The Bertz CT molecular complexity index is 871. The molecular formula is C18H18ClN3O2S. The molecule has 1 amide bonds. The van der Waals surface area contributed by atoms with E-state index in [0.717, 1.165) is 10.4 Å². The van der Waals surface area contributed by atoms with Crippen molar-refractivity contribution in [2.75, 3.05) is 0 Å². The van der Waals surface area contributed by atoms with E-state index in [1.807, 2.05) is 45.0 Å². The fourth-order valence-electron chi connectivity index (χ4n) is 2.35. The monoisotopic (exact) mass is 375 g/mol. The Labute approximate surface area is 155 Å². The van der Waals surface area contributed by atoms with Crippen molar-refractivity contribution < 1.29 is 9.21 Å². The minimum Gasteiger partial charge on any atom is -0.419 e. The predicted molar refractivity (Wildman–Crippen MR) is 98.8 cm³/mol. The van der Waals surface area contributed by atoms with Gasteiger partial charge in [-0.1, -0.05) is 11.6 Å². The molecule has 2 heterocycles. The maximum atomic E-state index is 12.8. The first-order valence-corrected chi connectivity index (χ1v) is 9.09. The highest BCUT2D eigenvalue weighted by Gasteiger charge is 2.23. The summed E-state index contributed by atoms with van der Waals surface area (Å²) in [6.45, 7) is 6.19. The Morgan fingerprint density at radius 3 is 2.52 bits per heavy atom. The zero-order chi connectivity index (χ0) is 18.0. The lowest BCUT2D eigenvalue weighted by Gasteiger charge is -2.24. The van der Waals surface area contributed by atoms with Crippen LogP contribution in [0.25, 0.3) is 11.5 Å². The molecule has 0 unspecified atom stereocenters. The molecule has 3 aromatic rings. The number of halogens is 1. The average Bonchev–Trinajstić information content (AvgIpc) is 3.21. The van der Waals surface area contributed by atoms with Gasteiger partial charge in [0.1, 0.15) is 0 Å². The van der Waals surface area contributed by atoms with Gasteiger partial charge in [0.25, 0.3) is 5.91 Å². The number of rotatable bonds is 5. The van der Waals surface area contributed by atoms with Crippen molar-refractivity contribution in [1.82, 2.24) is 15.1 Å². The average molecular weight is 376 g/mol. The molecule has 2 aromatic heterocycles. The summed E-state index contributed by atoms with van der Waals surface area (Å²) in [4.78, 5) is 16.3. The Hall–Kier alpha value is -2.18. The van der Waals surface area contributed by atoms with E-state index in [0.29, 0.717) is 21.7 Å². The molecule has 0 aliphatic rings. The van der Waals surface area contributed by atoms with E-state index in [2.05, 4.69) is 10.2 Å². The molecular weight excluding hydrogens is 358 g/mol. The van der Waals surface area contributed by atoms with Gasteiger partial charge in [-0.3, -0.25) is 4.79 Å². The van der Waals surface area contributed by atoms with Crippen molar-refractivity contribution in [2.45, 2.75) is 33.4 Å². The zero-order valence-corrected chi connectivity index (χ0v) is 15.8. The van der Waals surface area contributed by atoms with Gasteiger partial charge in [-0.2, -0.15) is 0 Å². The van der Waals surface area contributed by atoms with Gasteiger partial charge in [-0.05, 0) is 57.2 Å². The topological polar surface area (TPSA) is 59.2 Å². The number of carbonyl (C=O) groups is 1. The van der Waals surface area contributed by atoms with Crippen molar-refractivity contribution >= 4 is 28.8 Å². The molecule has 130 valence electrons. The van der Waals surface area contributed by atoms with Crippen molar-refractivity contribution in [3.05, 3.63) is 57.1 Å². The molecule has 5 nitrogen and oxygen atoms in total. The number of aryl methyl sites for hydroxylation is 1. The maximum absolute atomic E-state index is 12.8. The van der Waals surface area contributed by atoms with E-state index in [1.54, 1.807) is 17.0 Å². The van der Waals surface area contributed by atoms with Crippen LogP contribution in [0.4, 0.5) is 0 Å². The number of thiophene rings is 1. The van der Waals surface area contributed by atoms with E-state index >= 15 is 0 Å². The fourth-order valence-corrected chi connectivity index (χ4v) is 3.30. The molecule has 0 spiro atoms. The predicted octanol–water partition coefficient (Wildman–Crippen LogP) is 4.81. The van der Waals surface area contributed by atoms with Crippen LogP contribution in [-0.2, 0) is 6.54 Å². The highest BCUT2D eigenvalue weighted by atomic mass is 35.5. The lowest BCUT2D eigenvalue weighted by atomic mass is 10.2. The third kappa shape index (κ3) is 4.08. The number of hydrogen-bond acceptors (Lipinski definition) is 5. The summed E-state index contributed by atoms with van der Waals surface area (Å²) in [6, 6.07) is 11.0. The Balaban J connectivity index is 1.79. The quantitative estimate of drug-likeness (QED) is 0.642. The normalized spacial score (nSPS) is 11.1. The highest BCUT2D eigenvalue weighted by molar-refractivity contribution is 7.13. The van der Waals surface area contributed by atoms with Crippen LogP contribution in [0.15, 0.2) is 40.8 Å². The molecule has 1 aromatic carbocycles. The first-order valence-electron chi connectivity index (χ1n) is 7.90. The van der Waals surface area contributed by atoms with Gasteiger partial charge in [0, 0.05) is 21.5 Å². The molecule has 0 atom stereocenters. The Kier molecular flexibility index (Phi) is 5.20. The molecule has 0 fully saturated rings. The molecule has 0 aliphatic heterocycles.